The van der Waals surface area contributed by atoms with Crippen molar-refractivity contribution < 1.29 is 14.3 Å². The van der Waals surface area contributed by atoms with Crippen molar-refractivity contribution in [1.82, 2.24) is 14.7 Å². The van der Waals surface area contributed by atoms with Crippen molar-refractivity contribution in [2.45, 2.75) is 5.92 Å². The van der Waals surface area contributed by atoms with Crippen molar-refractivity contribution in [3.05, 3.63) is 48.0 Å². The van der Waals surface area contributed by atoms with E-state index < -0.39 is 6.09 Å². The van der Waals surface area contributed by atoms with Gasteiger partial charge in [-0.25, -0.2) is 13.9 Å². The van der Waals surface area contributed by atoms with Crippen LogP contribution in [0, 0.1) is 17.7 Å². The Morgan fingerprint density at radius 1 is 1.19 bits per heavy atom. The minimum atomic E-state index is -0.835. The first-order chi connectivity index (χ1) is 10.1. The summed E-state index contributed by atoms with van der Waals surface area (Å²) in [6.45, 7) is 1.21. The van der Waals surface area contributed by atoms with Crippen molar-refractivity contribution >= 4 is 6.09 Å². The first-order valence-electron chi connectivity index (χ1n) is 6.93. The monoisotopic (exact) mass is 287 g/mol. The maximum absolute atomic E-state index is 12.9. The number of hydrogen-bond donors (Lipinski definition) is 1. The summed E-state index contributed by atoms with van der Waals surface area (Å²) in [5, 5.41) is 13.5. The second kappa shape index (κ2) is 4.31. The maximum Gasteiger partial charge on any atom is 0.407 e. The number of benzene rings is 1. The third kappa shape index (κ3) is 1.98. The Hall–Kier alpha value is -2.37. The van der Waals surface area contributed by atoms with Crippen LogP contribution in [-0.4, -0.2) is 39.0 Å². The minimum Gasteiger partial charge on any atom is -0.465 e. The molecule has 21 heavy (non-hydrogen) atoms. The van der Waals surface area contributed by atoms with E-state index in [4.69, 9.17) is 5.11 Å². The molecule has 1 aliphatic heterocycles. The Labute approximate surface area is 120 Å². The molecule has 3 atom stereocenters. The van der Waals surface area contributed by atoms with Crippen LogP contribution in [0.4, 0.5) is 9.18 Å². The number of fused-ring (bicyclic) bond motifs is 1. The van der Waals surface area contributed by atoms with E-state index in [1.807, 2.05) is 12.3 Å². The number of nitrogens with zero attached hydrogens (tertiary/aromatic N) is 3. The zero-order chi connectivity index (χ0) is 14.6. The molecule has 1 N–H and O–H groups in total. The summed E-state index contributed by atoms with van der Waals surface area (Å²) in [5.41, 5.74) is 1.82. The Morgan fingerprint density at radius 2 is 1.86 bits per heavy atom. The van der Waals surface area contributed by atoms with Crippen LogP contribution >= 0.6 is 0 Å². The van der Waals surface area contributed by atoms with Gasteiger partial charge in [0.1, 0.15) is 5.82 Å². The second-order valence-electron chi connectivity index (χ2n) is 5.70. The summed E-state index contributed by atoms with van der Waals surface area (Å²) in [7, 11) is 0. The number of piperidine rings is 1. The van der Waals surface area contributed by atoms with Crippen LogP contribution in [0.5, 0.6) is 0 Å². The maximum atomic E-state index is 12.9. The minimum absolute atomic E-state index is 0.267. The number of hydrogen-bond acceptors (Lipinski definition) is 2. The van der Waals surface area contributed by atoms with E-state index in [1.54, 1.807) is 16.8 Å². The summed E-state index contributed by atoms with van der Waals surface area (Å²) < 4.78 is 14.7. The van der Waals surface area contributed by atoms with Gasteiger partial charge in [0.05, 0.1) is 11.4 Å². The van der Waals surface area contributed by atoms with Gasteiger partial charge in [0, 0.05) is 25.2 Å². The lowest BCUT2D eigenvalue weighted by Crippen LogP contribution is -2.29. The van der Waals surface area contributed by atoms with Gasteiger partial charge in [0.25, 0.3) is 0 Å². The Balaban J connectivity index is 1.50. The fraction of sp³-hybridized carbons (Fsp3) is 0.333. The molecule has 1 saturated heterocycles. The lowest BCUT2D eigenvalue weighted by Gasteiger charge is -2.14. The Kier molecular flexibility index (Phi) is 2.54. The standard InChI is InChI=1S/C15H14FN3O2/c16-9-1-3-10(4-2-9)19-6-5-13(17-19)14-11-7-18(15(20)21)8-12(11)14/h1-6,11-12,14H,7-8H2,(H,20,21)/t11-,12+,14-. The number of halogens is 1. The molecule has 0 unspecified atom stereocenters. The van der Waals surface area contributed by atoms with Crippen LogP contribution in [0.15, 0.2) is 36.5 Å². The topological polar surface area (TPSA) is 58.4 Å². The molecule has 2 fully saturated rings. The molecule has 1 aliphatic carbocycles. The van der Waals surface area contributed by atoms with Crippen LogP contribution in [-0.2, 0) is 0 Å². The molecule has 1 aromatic carbocycles. The molecule has 2 aromatic rings. The van der Waals surface area contributed by atoms with Gasteiger partial charge in [-0.05, 0) is 42.2 Å². The van der Waals surface area contributed by atoms with Crippen LogP contribution in [0.3, 0.4) is 0 Å². The molecule has 6 heteroatoms. The van der Waals surface area contributed by atoms with Gasteiger partial charge in [-0.3, -0.25) is 0 Å². The van der Waals surface area contributed by atoms with Gasteiger partial charge in [-0.15, -0.1) is 0 Å². The van der Waals surface area contributed by atoms with Gasteiger partial charge in [-0.2, -0.15) is 5.10 Å². The average Bonchev–Trinajstić information content (AvgIpc) is 2.87. The quantitative estimate of drug-likeness (QED) is 0.922. The molecule has 0 spiro atoms. The lowest BCUT2D eigenvalue weighted by atomic mass is 10.2. The van der Waals surface area contributed by atoms with E-state index >= 15 is 0 Å². The van der Waals surface area contributed by atoms with E-state index in [9.17, 15) is 9.18 Å². The Morgan fingerprint density at radius 3 is 2.48 bits per heavy atom. The normalized spacial score (nSPS) is 26.7. The summed E-state index contributed by atoms with van der Waals surface area (Å²) in [6, 6.07) is 8.16. The van der Waals surface area contributed by atoms with Crippen LogP contribution < -0.4 is 0 Å². The van der Waals surface area contributed by atoms with Crippen LogP contribution in [0.1, 0.15) is 11.6 Å². The number of rotatable bonds is 2. The molecule has 2 aliphatic rings. The van der Waals surface area contributed by atoms with Crippen LogP contribution in [0.25, 0.3) is 5.69 Å². The van der Waals surface area contributed by atoms with Crippen LogP contribution in [0.2, 0.25) is 0 Å². The fourth-order valence-electron chi connectivity index (χ4n) is 3.37. The molecule has 108 valence electrons. The summed E-state index contributed by atoms with van der Waals surface area (Å²) in [6.07, 6.45) is 1.03. The third-order valence-corrected chi connectivity index (χ3v) is 4.51. The number of amides is 1. The molecule has 0 radical (unpaired) electrons. The largest absolute Gasteiger partial charge is 0.465 e. The molecule has 2 heterocycles. The van der Waals surface area contributed by atoms with E-state index in [0.29, 0.717) is 30.8 Å². The SMILES string of the molecule is O=C(O)N1C[C@@H]2[C@H](C1)[C@@H]2c1ccn(-c2ccc(F)cc2)n1. The molecular weight excluding hydrogens is 273 g/mol. The van der Waals surface area contributed by atoms with Gasteiger partial charge < -0.3 is 10.0 Å². The highest BCUT2D eigenvalue weighted by Gasteiger charge is 2.58. The van der Waals surface area contributed by atoms with Crippen molar-refractivity contribution in [3.8, 4) is 5.69 Å². The first-order valence-corrected chi connectivity index (χ1v) is 6.93. The average molecular weight is 287 g/mol. The van der Waals surface area contributed by atoms with E-state index in [1.165, 1.54) is 17.0 Å². The molecule has 1 saturated carbocycles. The highest BCUT2D eigenvalue weighted by atomic mass is 19.1. The second-order valence-corrected chi connectivity index (χ2v) is 5.70. The van der Waals surface area contributed by atoms with Gasteiger partial charge in [0.2, 0.25) is 0 Å². The molecule has 1 amide bonds. The number of likely N-dealkylation sites (tertiary alicyclic amines) is 1. The lowest BCUT2D eigenvalue weighted by molar-refractivity contribution is 0.150. The highest BCUT2D eigenvalue weighted by Crippen LogP contribution is 2.57. The fourth-order valence-corrected chi connectivity index (χ4v) is 3.37. The smallest absolute Gasteiger partial charge is 0.407 e. The molecule has 4 rings (SSSR count). The zero-order valence-electron chi connectivity index (χ0n) is 11.2. The van der Waals surface area contributed by atoms with E-state index in [0.717, 1.165) is 11.4 Å². The first kappa shape index (κ1) is 12.4. The molecule has 5 nitrogen and oxygen atoms in total. The van der Waals surface area contributed by atoms with Gasteiger partial charge in [-0.1, -0.05) is 0 Å². The predicted octanol–water partition coefficient (Wildman–Crippen LogP) is 2.33. The highest BCUT2D eigenvalue weighted by molar-refractivity contribution is 5.66. The van der Waals surface area contributed by atoms with Gasteiger partial charge >= 0.3 is 6.09 Å². The zero-order valence-corrected chi connectivity index (χ0v) is 11.2. The summed E-state index contributed by atoms with van der Waals surface area (Å²) in [5.74, 6) is 0.897. The molecule has 0 bridgehead atoms. The number of aromatic nitrogens is 2. The van der Waals surface area contributed by atoms with Crippen molar-refractivity contribution in [1.29, 1.82) is 0 Å². The van der Waals surface area contributed by atoms with E-state index in [-0.39, 0.29) is 5.82 Å². The van der Waals surface area contributed by atoms with Crippen molar-refractivity contribution in [2.24, 2.45) is 11.8 Å². The number of carbonyl (C=O) groups is 1. The Bertz CT molecular complexity index is 685. The number of carboxylic acid groups (broad SMARTS) is 1. The summed E-state index contributed by atoms with van der Waals surface area (Å²) in [4.78, 5) is 12.4. The van der Waals surface area contributed by atoms with Crippen molar-refractivity contribution in [2.75, 3.05) is 13.1 Å². The summed E-state index contributed by atoms with van der Waals surface area (Å²) >= 11 is 0. The molecule has 1 aromatic heterocycles. The molecular formula is C15H14FN3O2. The predicted molar refractivity (Wildman–Crippen MR) is 72.8 cm³/mol. The van der Waals surface area contributed by atoms with Gasteiger partial charge in [0.15, 0.2) is 0 Å². The third-order valence-electron chi connectivity index (χ3n) is 4.51. The van der Waals surface area contributed by atoms with E-state index in [2.05, 4.69) is 5.10 Å². The van der Waals surface area contributed by atoms with Crippen molar-refractivity contribution in [3.63, 3.8) is 0 Å².